The Hall–Kier alpha value is -3.12. The van der Waals surface area contributed by atoms with E-state index < -0.39 is 0 Å². The molecule has 0 radical (unpaired) electrons. The van der Waals surface area contributed by atoms with E-state index in [0.29, 0.717) is 17.8 Å². The van der Waals surface area contributed by atoms with Gasteiger partial charge in [-0.2, -0.15) is 0 Å². The van der Waals surface area contributed by atoms with Gasteiger partial charge in [-0.15, -0.1) is 0 Å². The molecule has 4 rings (SSSR count). The summed E-state index contributed by atoms with van der Waals surface area (Å²) in [7, 11) is 0. The summed E-state index contributed by atoms with van der Waals surface area (Å²) in [6.07, 6.45) is 0. The zero-order chi connectivity index (χ0) is 19.5. The first-order chi connectivity index (χ1) is 13.6. The van der Waals surface area contributed by atoms with Gasteiger partial charge in [0.25, 0.3) is 0 Å². The molecule has 0 aliphatic carbocycles. The van der Waals surface area contributed by atoms with Crippen LogP contribution in [0.1, 0.15) is 12.5 Å². The van der Waals surface area contributed by atoms with Gasteiger partial charge >= 0.3 is 5.63 Å². The van der Waals surface area contributed by atoms with Crippen molar-refractivity contribution in [3.63, 3.8) is 0 Å². The second-order valence-corrected chi connectivity index (χ2v) is 7.08. The van der Waals surface area contributed by atoms with E-state index in [2.05, 4.69) is 39.4 Å². The second-order valence-electron chi connectivity index (χ2n) is 7.08. The Balaban J connectivity index is 1.50. The number of benzene rings is 2. The van der Waals surface area contributed by atoms with Crippen LogP contribution in [0.25, 0.3) is 11.0 Å². The van der Waals surface area contributed by atoms with Crippen molar-refractivity contribution in [2.75, 3.05) is 36.4 Å². The van der Waals surface area contributed by atoms with Crippen molar-refractivity contribution in [3.05, 3.63) is 70.6 Å². The summed E-state index contributed by atoms with van der Waals surface area (Å²) in [5.74, 6) is -0.158. The van der Waals surface area contributed by atoms with Crippen LogP contribution >= 0.6 is 0 Å². The summed E-state index contributed by atoms with van der Waals surface area (Å²) in [6.45, 7) is 5.92. The van der Waals surface area contributed by atoms with Crippen LogP contribution in [0, 0.1) is 0 Å². The molecule has 0 atom stereocenters. The maximum atomic E-state index is 12.0. The molecule has 1 aromatic heterocycles. The number of nitrogens with zero attached hydrogens (tertiary/aromatic N) is 2. The molecular formula is C22H23N3O3. The number of nitrogens with one attached hydrogen (secondary N) is 1. The van der Waals surface area contributed by atoms with E-state index in [9.17, 15) is 9.59 Å². The Labute approximate surface area is 163 Å². The highest BCUT2D eigenvalue weighted by Crippen LogP contribution is 2.23. The van der Waals surface area contributed by atoms with Gasteiger partial charge in [0.05, 0.1) is 0 Å². The van der Waals surface area contributed by atoms with Gasteiger partial charge in [0, 0.05) is 68.5 Å². The Kier molecular flexibility index (Phi) is 5.12. The zero-order valence-corrected chi connectivity index (χ0v) is 15.9. The minimum atomic E-state index is -0.370. The molecule has 1 saturated heterocycles. The van der Waals surface area contributed by atoms with Crippen molar-refractivity contribution in [3.8, 4) is 0 Å². The normalized spacial score (nSPS) is 15.0. The van der Waals surface area contributed by atoms with Gasteiger partial charge in [0.2, 0.25) is 5.91 Å². The predicted molar refractivity (Wildman–Crippen MR) is 111 cm³/mol. The first kappa shape index (κ1) is 18.3. The highest BCUT2D eigenvalue weighted by molar-refractivity contribution is 5.92. The summed E-state index contributed by atoms with van der Waals surface area (Å²) in [5.41, 5.74) is 2.95. The van der Waals surface area contributed by atoms with Crippen molar-refractivity contribution in [1.29, 1.82) is 0 Å². The molecule has 0 unspecified atom stereocenters. The Bertz CT molecular complexity index is 1040. The number of amides is 1. The molecule has 2 heterocycles. The van der Waals surface area contributed by atoms with Gasteiger partial charge in [0.15, 0.2) is 0 Å². The highest BCUT2D eigenvalue weighted by Gasteiger charge is 2.18. The van der Waals surface area contributed by atoms with Crippen LogP contribution in [0.3, 0.4) is 0 Å². The van der Waals surface area contributed by atoms with Crippen LogP contribution < -0.4 is 15.8 Å². The van der Waals surface area contributed by atoms with E-state index in [1.54, 1.807) is 12.1 Å². The summed E-state index contributed by atoms with van der Waals surface area (Å²) in [6, 6.07) is 17.4. The van der Waals surface area contributed by atoms with E-state index in [0.717, 1.165) is 37.1 Å². The van der Waals surface area contributed by atoms with Crippen LogP contribution in [0.2, 0.25) is 0 Å². The molecule has 1 aliphatic heterocycles. The number of carbonyl (C=O) groups is 1. The molecule has 0 spiro atoms. The number of hydrogen-bond acceptors (Lipinski definition) is 5. The van der Waals surface area contributed by atoms with Crippen molar-refractivity contribution in [1.82, 2.24) is 4.90 Å². The number of hydrogen-bond donors (Lipinski definition) is 1. The minimum absolute atomic E-state index is 0.158. The predicted octanol–water partition coefficient (Wildman–Crippen LogP) is 3.07. The molecule has 144 valence electrons. The Morgan fingerprint density at radius 1 is 1.04 bits per heavy atom. The van der Waals surface area contributed by atoms with E-state index in [4.69, 9.17) is 4.42 Å². The fraction of sp³-hybridized carbons (Fsp3) is 0.273. The number of para-hydroxylation sites is 1. The van der Waals surface area contributed by atoms with Gasteiger partial charge in [-0.05, 0) is 29.8 Å². The summed E-state index contributed by atoms with van der Waals surface area (Å²) < 4.78 is 5.35. The summed E-state index contributed by atoms with van der Waals surface area (Å²) in [4.78, 5) is 28.0. The van der Waals surface area contributed by atoms with Crippen LogP contribution in [0.5, 0.6) is 0 Å². The molecule has 0 bridgehead atoms. The van der Waals surface area contributed by atoms with Gasteiger partial charge in [-0.1, -0.05) is 18.2 Å². The average molecular weight is 377 g/mol. The lowest BCUT2D eigenvalue weighted by molar-refractivity contribution is -0.114. The third kappa shape index (κ3) is 4.07. The van der Waals surface area contributed by atoms with Crippen molar-refractivity contribution in [2.45, 2.75) is 13.5 Å². The topological polar surface area (TPSA) is 65.8 Å². The Morgan fingerprint density at radius 2 is 1.79 bits per heavy atom. The second kappa shape index (κ2) is 7.86. The maximum absolute atomic E-state index is 12.0. The largest absolute Gasteiger partial charge is 0.423 e. The number of anilines is 2. The van der Waals surface area contributed by atoms with E-state index in [1.165, 1.54) is 12.6 Å². The van der Waals surface area contributed by atoms with E-state index in [1.807, 2.05) is 18.2 Å². The van der Waals surface area contributed by atoms with Crippen molar-refractivity contribution >= 4 is 28.3 Å². The molecule has 28 heavy (non-hydrogen) atoms. The molecule has 1 fully saturated rings. The van der Waals surface area contributed by atoms with Crippen LogP contribution in [-0.2, 0) is 11.3 Å². The third-order valence-electron chi connectivity index (χ3n) is 5.04. The van der Waals surface area contributed by atoms with E-state index >= 15 is 0 Å². The van der Waals surface area contributed by atoms with Crippen LogP contribution in [-0.4, -0.2) is 37.0 Å². The van der Waals surface area contributed by atoms with Gasteiger partial charge in [0.1, 0.15) is 5.58 Å². The molecule has 2 aromatic carbocycles. The fourth-order valence-electron chi connectivity index (χ4n) is 3.69. The first-order valence-corrected chi connectivity index (χ1v) is 9.45. The number of carbonyl (C=O) groups excluding carboxylic acids is 1. The lowest BCUT2D eigenvalue weighted by Crippen LogP contribution is -2.46. The summed E-state index contributed by atoms with van der Waals surface area (Å²) in [5, 5.41) is 3.62. The molecule has 3 aromatic rings. The number of fused-ring (bicyclic) bond motifs is 1. The highest BCUT2D eigenvalue weighted by atomic mass is 16.4. The van der Waals surface area contributed by atoms with E-state index in [-0.39, 0.29) is 11.5 Å². The molecule has 6 nitrogen and oxygen atoms in total. The fourth-order valence-corrected chi connectivity index (χ4v) is 3.69. The lowest BCUT2D eigenvalue weighted by Gasteiger charge is -2.36. The lowest BCUT2D eigenvalue weighted by atomic mass is 10.1. The van der Waals surface area contributed by atoms with Gasteiger partial charge < -0.3 is 14.6 Å². The average Bonchev–Trinajstić information content (AvgIpc) is 2.68. The minimum Gasteiger partial charge on any atom is -0.423 e. The summed E-state index contributed by atoms with van der Waals surface area (Å²) >= 11 is 0. The van der Waals surface area contributed by atoms with Gasteiger partial charge in [-0.25, -0.2) is 4.79 Å². The molecule has 6 heteroatoms. The van der Waals surface area contributed by atoms with Crippen molar-refractivity contribution < 1.29 is 9.21 Å². The monoisotopic (exact) mass is 377 g/mol. The number of rotatable bonds is 4. The molecule has 0 saturated carbocycles. The van der Waals surface area contributed by atoms with Crippen LogP contribution in [0.4, 0.5) is 11.4 Å². The molecular weight excluding hydrogens is 354 g/mol. The van der Waals surface area contributed by atoms with Crippen molar-refractivity contribution in [2.24, 2.45) is 0 Å². The zero-order valence-electron chi connectivity index (χ0n) is 15.9. The standard InChI is InChI=1S/C22H23N3O3/c1-16(26)23-18-7-8-20-17(13-22(27)28-21(20)14-18)15-24-9-11-25(12-10-24)19-5-3-2-4-6-19/h2-8,13-14H,9-12,15H2,1H3,(H,23,26). The quantitative estimate of drug-likeness (QED) is 0.708. The Morgan fingerprint density at radius 3 is 2.50 bits per heavy atom. The smallest absolute Gasteiger partial charge is 0.336 e. The first-order valence-electron chi connectivity index (χ1n) is 9.45. The molecule has 1 aliphatic rings. The van der Waals surface area contributed by atoms with Crippen LogP contribution in [0.15, 0.2) is 63.8 Å². The third-order valence-corrected chi connectivity index (χ3v) is 5.04. The molecule has 1 amide bonds. The molecule has 1 N–H and O–H groups in total. The SMILES string of the molecule is CC(=O)Nc1ccc2c(CN3CCN(c4ccccc4)CC3)cc(=O)oc2c1. The number of piperazine rings is 1. The maximum Gasteiger partial charge on any atom is 0.336 e. The van der Waals surface area contributed by atoms with Gasteiger partial charge in [-0.3, -0.25) is 9.69 Å².